The fourth-order valence-corrected chi connectivity index (χ4v) is 4.97. The molecule has 34 heavy (non-hydrogen) atoms. The van der Waals surface area contributed by atoms with Crippen LogP contribution in [0.2, 0.25) is 0 Å². The van der Waals surface area contributed by atoms with Crippen molar-refractivity contribution < 1.29 is 9.59 Å². The molecule has 9 nitrogen and oxygen atoms in total. The van der Waals surface area contributed by atoms with Crippen LogP contribution in [0.25, 0.3) is 22.0 Å². The average Bonchev–Trinajstić information content (AvgIpc) is 3.30. The third-order valence-electron chi connectivity index (χ3n) is 7.14. The first kappa shape index (κ1) is 22.5. The number of benzene rings is 1. The van der Waals surface area contributed by atoms with E-state index >= 15 is 0 Å². The highest BCUT2D eigenvalue weighted by Crippen LogP contribution is 2.31. The molecule has 178 valence electrons. The van der Waals surface area contributed by atoms with Gasteiger partial charge in [0.25, 0.3) is 0 Å². The lowest BCUT2D eigenvalue weighted by atomic mass is 9.81. The molecule has 5 rings (SSSR count). The van der Waals surface area contributed by atoms with Gasteiger partial charge in [-0.15, -0.1) is 10.2 Å². The molecule has 0 bridgehead atoms. The van der Waals surface area contributed by atoms with E-state index in [4.69, 9.17) is 0 Å². The monoisotopic (exact) mass is 461 g/mol. The summed E-state index contributed by atoms with van der Waals surface area (Å²) in [6.07, 6.45) is 6.76. The number of nitrogens with zero attached hydrogens (tertiary/aromatic N) is 6. The summed E-state index contributed by atoms with van der Waals surface area (Å²) in [5.41, 5.74) is 2.83. The van der Waals surface area contributed by atoms with Gasteiger partial charge in [-0.05, 0) is 56.5 Å². The number of carbonyl (C=O) groups excluding carboxylic acids is 2. The van der Waals surface area contributed by atoms with E-state index in [1.54, 1.807) is 4.68 Å². The van der Waals surface area contributed by atoms with E-state index < -0.39 is 0 Å². The molecule has 3 heterocycles. The molecule has 0 spiro atoms. The summed E-state index contributed by atoms with van der Waals surface area (Å²) < 4.78 is 1.77. The Morgan fingerprint density at radius 1 is 0.912 bits per heavy atom. The number of likely N-dealkylation sites (N-methyl/N-ethyl adjacent to an activating group) is 1. The number of piperazine rings is 1. The maximum Gasteiger partial charge on any atom is 0.228 e. The van der Waals surface area contributed by atoms with E-state index in [-0.39, 0.29) is 23.7 Å². The van der Waals surface area contributed by atoms with Crippen LogP contribution in [0, 0.1) is 11.8 Å². The van der Waals surface area contributed by atoms with Gasteiger partial charge in [0.05, 0.1) is 11.7 Å². The molecule has 0 radical (unpaired) electrons. The van der Waals surface area contributed by atoms with Gasteiger partial charge in [-0.3, -0.25) is 14.3 Å². The molecule has 2 aromatic heterocycles. The molecule has 2 fully saturated rings. The van der Waals surface area contributed by atoms with E-state index in [0.29, 0.717) is 5.82 Å². The first-order valence-electron chi connectivity index (χ1n) is 12.0. The quantitative estimate of drug-likeness (QED) is 0.642. The number of nitrogens with one attached hydrogen (secondary N) is 1. The highest BCUT2D eigenvalue weighted by Gasteiger charge is 2.33. The van der Waals surface area contributed by atoms with Gasteiger partial charge in [-0.2, -0.15) is 5.10 Å². The predicted molar refractivity (Wildman–Crippen MR) is 130 cm³/mol. The molecule has 1 aromatic carbocycles. The van der Waals surface area contributed by atoms with Gasteiger partial charge in [0.2, 0.25) is 11.8 Å². The summed E-state index contributed by atoms with van der Waals surface area (Å²) in [6.45, 7) is 3.47. The summed E-state index contributed by atoms with van der Waals surface area (Å²) >= 11 is 0. The molecule has 9 heteroatoms. The number of aryl methyl sites for hydroxylation is 1. The molecule has 2 aliphatic rings. The van der Waals surface area contributed by atoms with Gasteiger partial charge in [-0.1, -0.05) is 6.07 Å². The van der Waals surface area contributed by atoms with Crippen LogP contribution in [-0.4, -0.2) is 74.8 Å². The van der Waals surface area contributed by atoms with Crippen molar-refractivity contribution in [3.05, 3.63) is 36.7 Å². The number of amides is 2. The zero-order chi connectivity index (χ0) is 23.7. The fourth-order valence-electron chi connectivity index (χ4n) is 4.97. The fraction of sp³-hybridized carbons (Fsp3) is 0.480. The minimum atomic E-state index is -0.101. The van der Waals surface area contributed by atoms with Crippen molar-refractivity contribution in [2.45, 2.75) is 25.7 Å². The molecular weight excluding hydrogens is 430 g/mol. The van der Waals surface area contributed by atoms with Crippen LogP contribution in [0.4, 0.5) is 5.82 Å². The van der Waals surface area contributed by atoms with Crippen molar-refractivity contribution in [1.29, 1.82) is 0 Å². The van der Waals surface area contributed by atoms with Crippen LogP contribution >= 0.6 is 0 Å². The molecule has 1 aliphatic heterocycles. The third kappa shape index (κ3) is 4.79. The van der Waals surface area contributed by atoms with E-state index in [1.165, 1.54) is 0 Å². The van der Waals surface area contributed by atoms with Crippen molar-refractivity contribution in [2.75, 3.05) is 38.5 Å². The Hall–Kier alpha value is -3.33. The molecule has 0 atom stereocenters. The third-order valence-corrected chi connectivity index (χ3v) is 7.14. The Bertz CT molecular complexity index is 1190. The van der Waals surface area contributed by atoms with E-state index in [1.807, 2.05) is 48.6 Å². The molecule has 0 unspecified atom stereocenters. The topological polar surface area (TPSA) is 96.2 Å². The van der Waals surface area contributed by atoms with Crippen molar-refractivity contribution >= 4 is 28.5 Å². The SMILES string of the molecule is CN1CCN(C(=O)C2CCC(C(=O)Nc3cc4cc(-c5cnn(C)c5)ccc4nn3)CC2)CC1. The lowest BCUT2D eigenvalue weighted by Gasteiger charge is -2.36. The summed E-state index contributed by atoms with van der Waals surface area (Å²) in [4.78, 5) is 30.0. The lowest BCUT2D eigenvalue weighted by molar-refractivity contribution is -0.139. The maximum atomic E-state index is 12.9. The molecular formula is C25H31N7O2. The van der Waals surface area contributed by atoms with Crippen molar-refractivity contribution in [3.8, 4) is 11.1 Å². The van der Waals surface area contributed by atoms with E-state index in [2.05, 4.69) is 32.6 Å². The number of anilines is 1. The Morgan fingerprint density at radius 3 is 2.35 bits per heavy atom. The Labute approximate surface area is 199 Å². The second-order valence-corrected chi connectivity index (χ2v) is 9.57. The first-order valence-corrected chi connectivity index (χ1v) is 12.0. The Kier molecular flexibility index (Phi) is 6.28. The van der Waals surface area contributed by atoms with Gasteiger partial charge in [0.15, 0.2) is 5.82 Å². The van der Waals surface area contributed by atoms with Crippen LogP contribution in [0.5, 0.6) is 0 Å². The van der Waals surface area contributed by atoms with Gasteiger partial charge in [0.1, 0.15) is 0 Å². The number of fused-ring (bicyclic) bond motifs is 1. The normalized spacial score (nSPS) is 21.5. The molecule has 1 saturated carbocycles. The zero-order valence-corrected chi connectivity index (χ0v) is 19.8. The van der Waals surface area contributed by atoms with E-state index in [0.717, 1.165) is 73.9 Å². The molecule has 1 saturated heterocycles. The predicted octanol–water partition coefficient (Wildman–Crippen LogP) is 2.55. The second kappa shape index (κ2) is 9.50. The number of aromatic nitrogens is 4. The zero-order valence-electron chi connectivity index (χ0n) is 19.8. The highest BCUT2D eigenvalue weighted by atomic mass is 16.2. The summed E-state index contributed by atoms with van der Waals surface area (Å²) in [5, 5.41) is 16.6. The van der Waals surface area contributed by atoms with Crippen LogP contribution in [0.15, 0.2) is 36.7 Å². The summed E-state index contributed by atoms with van der Waals surface area (Å²) in [5.74, 6) is 0.616. The van der Waals surface area contributed by atoms with Gasteiger partial charge in [0, 0.05) is 62.2 Å². The molecule has 1 aliphatic carbocycles. The number of hydrogen-bond acceptors (Lipinski definition) is 6. The number of carbonyl (C=O) groups is 2. The first-order chi connectivity index (χ1) is 16.5. The maximum absolute atomic E-state index is 12.9. The van der Waals surface area contributed by atoms with Crippen LogP contribution in [0.3, 0.4) is 0 Å². The lowest BCUT2D eigenvalue weighted by Crippen LogP contribution is -2.49. The van der Waals surface area contributed by atoms with Gasteiger partial charge < -0.3 is 15.1 Å². The Balaban J connectivity index is 1.20. The van der Waals surface area contributed by atoms with Crippen LogP contribution in [0.1, 0.15) is 25.7 Å². The van der Waals surface area contributed by atoms with Gasteiger partial charge in [-0.25, -0.2) is 0 Å². The second-order valence-electron chi connectivity index (χ2n) is 9.57. The van der Waals surface area contributed by atoms with Crippen molar-refractivity contribution in [2.24, 2.45) is 18.9 Å². The number of rotatable bonds is 4. The Morgan fingerprint density at radius 2 is 1.65 bits per heavy atom. The van der Waals surface area contributed by atoms with Crippen molar-refractivity contribution in [3.63, 3.8) is 0 Å². The van der Waals surface area contributed by atoms with E-state index in [9.17, 15) is 9.59 Å². The molecule has 2 amide bonds. The highest BCUT2D eigenvalue weighted by molar-refractivity contribution is 5.94. The largest absolute Gasteiger partial charge is 0.340 e. The molecule has 3 aromatic rings. The summed E-state index contributed by atoms with van der Waals surface area (Å²) in [6, 6.07) is 7.82. The van der Waals surface area contributed by atoms with Crippen molar-refractivity contribution in [1.82, 2.24) is 29.8 Å². The number of hydrogen-bond donors (Lipinski definition) is 1. The van der Waals surface area contributed by atoms with Crippen LogP contribution in [-0.2, 0) is 16.6 Å². The minimum absolute atomic E-state index is 0.0393. The molecule has 1 N–H and O–H groups in total. The average molecular weight is 462 g/mol. The standard InChI is InChI=1S/C25H31N7O2/c1-30-9-11-32(12-10-30)25(34)18-5-3-17(4-6-18)24(33)27-23-14-20-13-19(7-8-22(20)28-29-23)21-15-26-31(2)16-21/h7-8,13-18H,3-6,9-12H2,1-2H3,(H,27,29,33). The summed E-state index contributed by atoms with van der Waals surface area (Å²) in [7, 11) is 3.98. The van der Waals surface area contributed by atoms with Crippen LogP contribution < -0.4 is 5.32 Å². The smallest absolute Gasteiger partial charge is 0.228 e. The minimum Gasteiger partial charge on any atom is -0.340 e. The van der Waals surface area contributed by atoms with Gasteiger partial charge >= 0.3 is 0 Å².